The number of hydrogen-bond donors (Lipinski definition) is 0. The average molecular weight is 341 g/mol. The topological polar surface area (TPSA) is 72.4 Å². The highest BCUT2D eigenvalue weighted by Crippen LogP contribution is 2.30. The third-order valence-corrected chi connectivity index (χ3v) is 4.40. The van der Waals surface area contributed by atoms with Crippen molar-refractivity contribution in [2.24, 2.45) is 0 Å². The quantitative estimate of drug-likeness (QED) is 0.729. The predicted octanol–water partition coefficient (Wildman–Crippen LogP) is 3.49. The Bertz CT molecular complexity index is 850. The molecule has 3 heterocycles. The molecule has 2 aromatic heterocycles. The monoisotopic (exact) mass is 341 g/mol. The van der Waals surface area contributed by atoms with Crippen molar-refractivity contribution in [1.29, 1.82) is 0 Å². The number of furan rings is 1. The fourth-order valence-electron chi connectivity index (χ4n) is 3.00. The van der Waals surface area contributed by atoms with Crippen LogP contribution in [0.2, 0.25) is 0 Å². The first-order valence-corrected chi connectivity index (χ1v) is 8.13. The Labute approximate surface area is 143 Å². The van der Waals surface area contributed by atoms with Crippen molar-refractivity contribution >= 4 is 5.91 Å². The van der Waals surface area contributed by atoms with Gasteiger partial charge in [0.25, 0.3) is 11.8 Å². The molecule has 1 aliphatic rings. The Kier molecular flexibility index (Phi) is 4.05. The summed E-state index contributed by atoms with van der Waals surface area (Å²) in [7, 11) is 0. The van der Waals surface area contributed by atoms with Gasteiger partial charge in [0.15, 0.2) is 5.76 Å². The van der Waals surface area contributed by atoms with E-state index in [-0.39, 0.29) is 17.6 Å². The van der Waals surface area contributed by atoms with Crippen molar-refractivity contribution in [3.8, 4) is 11.7 Å². The molecular weight excluding hydrogens is 325 g/mol. The number of benzene rings is 1. The van der Waals surface area contributed by atoms with Gasteiger partial charge in [-0.05, 0) is 49.2 Å². The largest absolute Gasteiger partial charge is 0.459 e. The van der Waals surface area contributed by atoms with Crippen LogP contribution in [0.3, 0.4) is 0 Å². The van der Waals surface area contributed by atoms with Crippen LogP contribution in [0, 0.1) is 5.82 Å². The molecule has 4 rings (SSSR count). The predicted molar refractivity (Wildman–Crippen MR) is 86.3 cm³/mol. The standard InChI is InChI=1S/C18H16FN3O3/c19-14-5-3-13(4-6-14)18(23)22-9-7-12(8-10-22)16-20-21-17(25-16)15-2-1-11-24-15/h1-6,11-12H,7-10H2. The van der Waals surface area contributed by atoms with Gasteiger partial charge in [-0.25, -0.2) is 4.39 Å². The molecule has 1 aromatic carbocycles. The number of nitrogens with zero attached hydrogens (tertiary/aromatic N) is 3. The van der Waals surface area contributed by atoms with Gasteiger partial charge in [-0.2, -0.15) is 0 Å². The lowest BCUT2D eigenvalue weighted by Crippen LogP contribution is -2.38. The minimum absolute atomic E-state index is 0.0831. The number of hydrogen-bond acceptors (Lipinski definition) is 5. The lowest BCUT2D eigenvalue weighted by molar-refractivity contribution is 0.0706. The Balaban J connectivity index is 1.40. The van der Waals surface area contributed by atoms with Crippen LogP contribution in [0.4, 0.5) is 4.39 Å². The maximum absolute atomic E-state index is 13.0. The van der Waals surface area contributed by atoms with Gasteiger partial charge in [0.2, 0.25) is 5.89 Å². The van der Waals surface area contributed by atoms with Crippen molar-refractivity contribution in [3.05, 3.63) is 59.9 Å². The van der Waals surface area contributed by atoms with Crippen molar-refractivity contribution in [2.45, 2.75) is 18.8 Å². The number of rotatable bonds is 3. The molecule has 0 aliphatic carbocycles. The summed E-state index contributed by atoms with van der Waals surface area (Å²) < 4.78 is 23.9. The summed E-state index contributed by atoms with van der Waals surface area (Å²) in [6.07, 6.45) is 3.04. The fourth-order valence-corrected chi connectivity index (χ4v) is 3.00. The Hall–Kier alpha value is -2.96. The van der Waals surface area contributed by atoms with Gasteiger partial charge in [0, 0.05) is 24.6 Å². The summed E-state index contributed by atoms with van der Waals surface area (Å²) in [5.41, 5.74) is 0.498. The third kappa shape index (κ3) is 3.17. The van der Waals surface area contributed by atoms with Crippen LogP contribution in [-0.4, -0.2) is 34.1 Å². The highest BCUT2D eigenvalue weighted by molar-refractivity contribution is 5.94. The van der Waals surface area contributed by atoms with E-state index < -0.39 is 0 Å². The Morgan fingerprint density at radius 3 is 2.56 bits per heavy atom. The van der Waals surface area contributed by atoms with Gasteiger partial charge in [0.1, 0.15) is 5.82 Å². The summed E-state index contributed by atoms with van der Waals surface area (Å²) >= 11 is 0. The molecule has 0 saturated carbocycles. The third-order valence-electron chi connectivity index (χ3n) is 4.40. The molecule has 0 N–H and O–H groups in total. The van der Waals surface area contributed by atoms with E-state index in [4.69, 9.17) is 8.83 Å². The molecule has 1 fully saturated rings. The van der Waals surface area contributed by atoms with Gasteiger partial charge in [0.05, 0.1) is 6.26 Å². The first kappa shape index (κ1) is 15.6. The van der Waals surface area contributed by atoms with Gasteiger partial charge < -0.3 is 13.7 Å². The molecule has 128 valence electrons. The fraction of sp³-hybridized carbons (Fsp3) is 0.278. The number of halogens is 1. The number of carbonyl (C=O) groups is 1. The average Bonchev–Trinajstić information content (AvgIpc) is 3.33. The van der Waals surface area contributed by atoms with Crippen LogP contribution < -0.4 is 0 Å². The molecule has 0 spiro atoms. The summed E-state index contributed by atoms with van der Waals surface area (Å²) in [6.45, 7) is 1.19. The molecule has 1 aliphatic heterocycles. The van der Waals surface area contributed by atoms with Crippen LogP contribution in [0.5, 0.6) is 0 Å². The van der Waals surface area contributed by atoms with E-state index in [9.17, 15) is 9.18 Å². The Morgan fingerprint density at radius 2 is 1.88 bits per heavy atom. The lowest BCUT2D eigenvalue weighted by atomic mass is 9.96. The minimum Gasteiger partial charge on any atom is -0.459 e. The smallest absolute Gasteiger partial charge is 0.283 e. The molecule has 7 heteroatoms. The first-order chi connectivity index (χ1) is 12.2. The molecule has 0 atom stereocenters. The molecule has 6 nitrogen and oxygen atoms in total. The highest BCUT2D eigenvalue weighted by atomic mass is 19.1. The SMILES string of the molecule is O=C(c1ccc(F)cc1)N1CCC(c2nnc(-c3ccco3)o2)CC1. The van der Waals surface area contributed by atoms with Crippen molar-refractivity contribution in [3.63, 3.8) is 0 Å². The van der Waals surface area contributed by atoms with E-state index in [1.165, 1.54) is 24.3 Å². The molecule has 1 saturated heterocycles. The van der Waals surface area contributed by atoms with Crippen molar-refractivity contribution < 1.29 is 18.0 Å². The number of aromatic nitrogens is 2. The molecule has 0 radical (unpaired) electrons. The van der Waals surface area contributed by atoms with E-state index in [1.54, 1.807) is 23.3 Å². The van der Waals surface area contributed by atoms with Crippen LogP contribution in [0.15, 0.2) is 51.5 Å². The summed E-state index contributed by atoms with van der Waals surface area (Å²) in [5.74, 6) is 1.17. The maximum atomic E-state index is 13.0. The van der Waals surface area contributed by atoms with E-state index >= 15 is 0 Å². The highest BCUT2D eigenvalue weighted by Gasteiger charge is 2.28. The lowest BCUT2D eigenvalue weighted by Gasteiger charge is -2.30. The maximum Gasteiger partial charge on any atom is 0.283 e. The van der Waals surface area contributed by atoms with Crippen LogP contribution in [0.1, 0.15) is 35.0 Å². The number of likely N-dealkylation sites (tertiary alicyclic amines) is 1. The Morgan fingerprint density at radius 1 is 1.12 bits per heavy atom. The number of carbonyl (C=O) groups excluding carboxylic acids is 1. The van der Waals surface area contributed by atoms with Gasteiger partial charge in [-0.3, -0.25) is 4.79 Å². The second-order valence-electron chi connectivity index (χ2n) is 6.00. The number of amides is 1. The summed E-state index contributed by atoms with van der Waals surface area (Å²) in [4.78, 5) is 14.2. The van der Waals surface area contributed by atoms with Crippen molar-refractivity contribution in [1.82, 2.24) is 15.1 Å². The molecule has 0 bridgehead atoms. The molecule has 25 heavy (non-hydrogen) atoms. The zero-order chi connectivity index (χ0) is 17.2. The van der Waals surface area contributed by atoms with Crippen LogP contribution >= 0.6 is 0 Å². The minimum atomic E-state index is -0.348. The zero-order valence-corrected chi connectivity index (χ0v) is 13.4. The van der Waals surface area contributed by atoms with Gasteiger partial charge >= 0.3 is 0 Å². The van der Waals surface area contributed by atoms with Crippen LogP contribution in [-0.2, 0) is 0 Å². The van der Waals surface area contributed by atoms with E-state index in [0.717, 1.165) is 12.8 Å². The normalized spacial score (nSPS) is 15.5. The second kappa shape index (κ2) is 6.51. The van der Waals surface area contributed by atoms with Crippen LogP contribution in [0.25, 0.3) is 11.7 Å². The second-order valence-corrected chi connectivity index (χ2v) is 6.00. The molecular formula is C18H16FN3O3. The first-order valence-electron chi connectivity index (χ1n) is 8.13. The van der Waals surface area contributed by atoms with Gasteiger partial charge in [-0.15, -0.1) is 10.2 Å². The summed E-state index contributed by atoms with van der Waals surface area (Å²) in [6, 6.07) is 9.15. The van der Waals surface area contributed by atoms with Crippen molar-refractivity contribution in [2.75, 3.05) is 13.1 Å². The number of piperidine rings is 1. The van der Waals surface area contributed by atoms with E-state index in [2.05, 4.69) is 10.2 Å². The van der Waals surface area contributed by atoms with E-state index in [0.29, 0.717) is 36.2 Å². The molecule has 0 unspecified atom stereocenters. The zero-order valence-electron chi connectivity index (χ0n) is 13.4. The summed E-state index contributed by atoms with van der Waals surface area (Å²) in [5, 5.41) is 8.13. The van der Waals surface area contributed by atoms with E-state index in [1.807, 2.05) is 0 Å². The molecule has 1 amide bonds. The molecule has 3 aromatic rings. The van der Waals surface area contributed by atoms with Gasteiger partial charge in [-0.1, -0.05) is 0 Å².